The first-order chi connectivity index (χ1) is 8.00. The summed E-state index contributed by atoms with van der Waals surface area (Å²) in [4.78, 5) is 13.7. The molecular formula is C12H14INO3. The van der Waals surface area contributed by atoms with E-state index in [0.717, 1.165) is 9.13 Å². The van der Waals surface area contributed by atoms with Crippen LogP contribution in [0.4, 0.5) is 0 Å². The van der Waals surface area contributed by atoms with E-state index in [4.69, 9.17) is 0 Å². The maximum absolute atomic E-state index is 12.2. The lowest BCUT2D eigenvalue weighted by molar-refractivity contribution is 0.0572. The van der Waals surface area contributed by atoms with Crippen molar-refractivity contribution in [2.45, 2.75) is 19.1 Å². The van der Waals surface area contributed by atoms with Crippen LogP contribution >= 0.6 is 22.6 Å². The number of hydrogen-bond donors (Lipinski definition) is 2. The lowest BCUT2D eigenvalue weighted by Gasteiger charge is -2.16. The predicted octanol–water partition coefficient (Wildman–Crippen LogP) is 0.777. The van der Waals surface area contributed by atoms with E-state index in [1.165, 1.54) is 4.90 Å². The van der Waals surface area contributed by atoms with Gasteiger partial charge in [-0.25, -0.2) is 0 Å². The second-order valence-electron chi connectivity index (χ2n) is 4.28. The highest BCUT2D eigenvalue weighted by molar-refractivity contribution is 14.1. The van der Waals surface area contributed by atoms with Crippen molar-refractivity contribution in [3.05, 3.63) is 32.9 Å². The van der Waals surface area contributed by atoms with Crippen molar-refractivity contribution in [3.63, 3.8) is 0 Å². The van der Waals surface area contributed by atoms with E-state index in [1.807, 2.05) is 19.1 Å². The average molecular weight is 347 g/mol. The van der Waals surface area contributed by atoms with Gasteiger partial charge in [-0.15, -0.1) is 0 Å². The molecule has 2 N–H and O–H groups in total. The lowest BCUT2D eigenvalue weighted by Crippen LogP contribution is -2.30. The summed E-state index contributed by atoms with van der Waals surface area (Å²) in [5.41, 5.74) is 1.68. The Morgan fingerprint density at radius 3 is 2.53 bits per heavy atom. The molecule has 0 aliphatic carbocycles. The number of likely N-dealkylation sites (tertiary alicyclic amines) is 1. The molecule has 0 spiro atoms. The molecule has 92 valence electrons. The van der Waals surface area contributed by atoms with Gasteiger partial charge in [-0.05, 0) is 41.1 Å². The summed E-state index contributed by atoms with van der Waals surface area (Å²) >= 11 is 2.14. The number of aliphatic hydroxyl groups excluding tert-OH is 2. The van der Waals surface area contributed by atoms with Crippen LogP contribution in [-0.2, 0) is 0 Å². The molecule has 4 nitrogen and oxygen atoms in total. The van der Waals surface area contributed by atoms with E-state index >= 15 is 0 Å². The Morgan fingerprint density at radius 1 is 1.35 bits per heavy atom. The molecule has 2 rings (SSSR count). The van der Waals surface area contributed by atoms with E-state index in [9.17, 15) is 15.0 Å². The molecule has 2 atom stereocenters. The molecule has 0 saturated carbocycles. The SMILES string of the molecule is Cc1cccc(C(=O)N2C[C@@H](O)[C@@H](O)C2)c1I. The minimum atomic E-state index is -0.832. The van der Waals surface area contributed by atoms with Crippen molar-refractivity contribution in [2.75, 3.05) is 13.1 Å². The number of benzene rings is 1. The number of β-amino-alcohol motifs (C(OH)–C–C–N with tert-alkyl or cyclic N) is 2. The zero-order chi connectivity index (χ0) is 12.6. The third-order valence-electron chi connectivity index (χ3n) is 2.97. The van der Waals surface area contributed by atoms with Crippen LogP contribution in [0, 0.1) is 10.5 Å². The Kier molecular flexibility index (Phi) is 3.70. The first kappa shape index (κ1) is 12.8. The lowest BCUT2D eigenvalue weighted by atomic mass is 10.1. The van der Waals surface area contributed by atoms with Gasteiger partial charge in [0, 0.05) is 16.7 Å². The summed E-state index contributed by atoms with van der Waals surface area (Å²) in [5.74, 6) is -0.131. The van der Waals surface area contributed by atoms with E-state index in [0.29, 0.717) is 5.56 Å². The number of rotatable bonds is 1. The number of carbonyl (C=O) groups is 1. The van der Waals surface area contributed by atoms with Crippen LogP contribution in [0.25, 0.3) is 0 Å². The van der Waals surface area contributed by atoms with Gasteiger partial charge in [-0.1, -0.05) is 12.1 Å². The van der Waals surface area contributed by atoms with E-state index in [1.54, 1.807) is 6.07 Å². The second kappa shape index (κ2) is 4.91. The van der Waals surface area contributed by atoms with Gasteiger partial charge >= 0.3 is 0 Å². The minimum Gasteiger partial charge on any atom is -0.388 e. The van der Waals surface area contributed by atoms with Gasteiger partial charge in [0.25, 0.3) is 5.91 Å². The van der Waals surface area contributed by atoms with E-state index in [-0.39, 0.29) is 19.0 Å². The molecule has 1 aliphatic rings. The van der Waals surface area contributed by atoms with Crippen LogP contribution in [0.5, 0.6) is 0 Å². The van der Waals surface area contributed by atoms with Crippen molar-refractivity contribution in [1.82, 2.24) is 4.90 Å². The number of halogens is 1. The van der Waals surface area contributed by atoms with Crippen LogP contribution in [0.1, 0.15) is 15.9 Å². The summed E-state index contributed by atoms with van der Waals surface area (Å²) in [6.45, 7) is 2.35. The predicted molar refractivity (Wildman–Crippen MR) is 71.8 cm³/mol. The first-order valence-electron chi connectivity index (χ1n) is 5.41. The maximum Gasteiger partial charge on any atom is 0.255 e. The van der Waals surface area contributed by atoms with Crippen LogP contribution in [-0.4, -0.2) is 46.3 Å². The molecule has 0 radical (unpaired) electrons. The van der Waals surface area contributed by atoms with Gasteiger partial charge in [0.1, 0.15) is 0 Å². The van der Waals surface area contributed by atoms with Crippen molar-refractivity contribution < 1.29 is 15.0 Å². The largest absolute Gasteiger partial charge is 0.388 e. The Morgan fingerprint density at radius 2 is 1.94 bits per heavy atom. The Hall–Kier alpha value is -0.660. The normalized spacial score (nSPS) is 24.1. The molecular weight excluding hydrogens is 333 g/mol. The molecule has 0 unspecified atom stereocenters. The van der Waals surface area contributed by atoms with Crippen LogP contribution < -0.4 is 0 Å². The average Bonchev–Trinajstić information content (AvgIpc) is 2.62. The van der Waals surface area contributed by atoms with Gasteiger partial charge < -0.3 is 15.1 Å². The maximum atomic E-state index is 12.2. The molecule has 1 aromatic rings. The summed E-state index contributed by atoms with van der Waals surface area (Å²) < 4.78 is 0.922. The molecule has 1 saturated heterocycles. The Balaban J connectivity index is 2.24. The van der Waals surface area contributed by atoms with Crippen LogP contribution in [0.3, 0.4) is 0 Å². The Bertz CT molecular complexity index is 439. The molecule has 17 heavy (non-hydrogen) atoms. The molecule has 1 heterocycles. The fraction of sp³-hybridized carbons (Fsp3) is 0.417. The smallest absolute Gasteiger partial charge is 0.255 e. The number of nitrogens with zero attached hydrogens (tertiary/aromatic N) is 1. The third kappa shape index (κ3) is 2.46. The molecule has 1 amide bonds. The van der Waals surface area contributed by atoms with Gasteiger partial charge in [-0.2, -0.15) is 0 Å². The zero-order valence-electron chi connectivity index (χ0n) is 9.43. The molecule has 1 aromatic carbocycles. The fourth-order valence-corrected chi connectivity index (χ4v) is 2.51. The number of aryl methyl sites for hydroxylation is 1. The fourth-order valence-electron chi connectivity index (χ4n) is 1.92. The van der Waals surface area contributed by atoms with Crippen LogP contribution in [0.15, 0.2) is 18.2 Å². The number of hydrogen-bond acceptors (Lipinski definition) is 3. The van der Waals surface area contributed by atoms with E-state index < -0.39 is 12.2 Å². The highest BCUT2D eigenvalue weighted by Crippen LogP contribution is 2.20. The third-order valence-corrected chi connectivity index (χ3v) is 4.40. The van der Waals surface area contributed by atoms with E-state index in [2.05, 4.69) is 22.6 Å². The number of aliphatic hydroxyl groups is 2. The summed E-state index contributed by atoms with van der Waals surface area (Å²) in [7, 11) is 0. The summed E-state index contributed by atoms with van der Waals surface area (Å²) in [6.07, 6.45) is -1.66. The standard InChI is InChI=1S/C12H14INO3/c1-7-3-2-4-8(11(7)13)12(17)14-5-9(15)10(16)6-14/h2-4,9-10,15-16H,5-6H2,1H3/t9-,10+. The first-order valence-corrected chi connectivity index (χ1v) is 6.49. The summed E-state index contributed by atoms with van der Waals surface area (Å²) in [6, 6.07) is 5.56. The van der Waals surface area contributed by atoms with Crippen LogP contribution in [0.2, 0.25) is 0 Å². The number of carbonyl (C=O) groups excluding carboxylic acids is 1. The molecule has 5 heteroatoms. The quantitative estimate of drug-likeness (QED) is 0.738. The van der Waals surface area contributed by atoms with Gasteiger partial charge in [0.05, 0.1) is 17.8 Å². The second-order valence-corrected chi connectivity index (χ2v) is 5.36. The molecule has 0 aromatic heterocycles. The minimum absolute atomic E-state index is 0.131. The van der Waals surface area contributed by atoms with Gasteiger partial charge in [-0.3, -0.25) is 4.79 Å². The highest BCUT2D eigenvalue weighted by atomic mass is 127. The van der Waals surface area contributed by atoms with Crippen molar-refractivity contribution in [2.24, 2.45) is 0 Å². The molecule has 1 fully saturated rings. The van der Waals surface area contributed by atoms with Crippen molar-refractivity contribution >= 4 is 28.5 Å². The molecule has 1 aliphatic heterocycles. The monoisotopic (exact) mass is 347 g/mol. The highest BCUT2D eigenvalue weighted by Gasteiger charge is 2.33. The zero-order valence-corrected chi connectivity index (χ0v) is 11.6. The molecule has 0 bridgehead atoms. The van der Waals surface area contributed by atoms with Gasteiger partial charge in [0.15, 0.2) is 0 Å². The van der Waals surface area contributed by atoms with Gasteiger partial charge in [0.2, 0.25) is 0 Å². The topological polar surface area (TPSA) is 60.8 Å². The van der Waals surface area contributed by atoms with Crippen molar-refractivity contribution in [1.29, 1.82) is 0 Å². The Labute approximate surface area is 113 Å². The summed E-state index contributed by atoms with van der Waals surface area (Å²) in [5, 5.41) is 18.9. The van der Waals surface area contributed by atoms with Crippen molar-refractivity contribution in [3.8, 4) is 0 Å². The number of amides is 1.